The van der Waals surface area contributed by atoms with E-state index in [2.05, 4.69) is 20.3 Å². The molecule has 0 saturated heterocycles. The molecule has 35 heavy (non-hydrogen) atoms. The highest BCUT2D eigenvalue weighted by Crippen LogP contribution is 2.30. The molecule has 0 aliphatic carbocycles. The molecule has 0 fully saturated rings. The van der Waals surface area contributed by atoms with E-state index in [1.54, 1.807) is 12.4 Å². The summed E-state index contributed by atoms with van der Waals surface area (Å²) in [5.41, 5.74) is 5.31. The summed E-state index contributed by atoms with van der Waals surface area (Å²) >= 11 is 1.37. The van der Waals surface area contributed by atoms with E-state index in [0.29, 0.717) is 22.4 Å². The van der Waals surface area contributed by atoms with E-state index in [-0.39, 0.29) is 11.5 Å². The van der Waals surface area contributed by atoms with Crippen molar-refractivity contribution in [2.24, 2.45) is 0 Å². The Morgan fingerprint density at radius 3 is 2.54 bits per heavy atom. The molecule has 1 aromatic carbocycles. The molecule has 0 aliphatic rings. The number of para-hydroxylation sites is 1. The van der Waals surface area contributed by atoms with Crippen molar-refractivity contribution in [3.63, 3.8) is 0 Å². The third-order valence-corrected chi connectivity index (χ3v) is 6.75. The van der Waals surface area contributed by atoms with E-state index < -0.39 is 0 Å². The van der Waals surface area contributed by atoms with E-state index in [4.69, 9.17) is 4.52 Å². The SMILES string of the molecule is Cc1cc(-n2c(C)cc(C(=O)CSc3nnc(-c4cccnc4)n3-c3ccccc3C)c2C)no1. The molecule has 176 valence electrons. The van der Waals surface area contributed by atoms with Crippen LogP contribution in [0.2, 0.25) is 0 Å². The fraction of sp³-hybridized carbons (Fsp3) is 0.192. The first kappa shape index (κ1) is 22.8. The van der Waals surface area contributed by atoms with Gasteiger partial charge in [0.2, 0.25) is 0 Å². The van der Waals surface area contributed by atoms with Crippen molar-refractivity contribution in [2.45, 2.75) is 32.9 Å². The minimum absolute atomic E-state index is 0.0110. The van der Waals surface area contributed by atoms with Crippen molar-refractivity contribution in [1.82, 2.24) is 29.5 Å². The molecule has 4 heterocycles. The average molecular weight is 485 g/mol. The van der Waals surface area contributed by atoms with Gasteiger partial charge in [0, 0.05) is 41.0 Å². The Balaban J connectivity index is 1.46. The molecular weight excluding hydrogens is 460 g/mol. The van der Waals surface area contributed by atoms with Crippen molar-refractivity contribution < 1.29 is 9.32 Å². The summed E-state index contributed by atoms with van der Waals surface area (Å²) in [7, 11) is 0. The van der Waals surface area contributed by atoms with Gasteiger partial charge < -0.3 is 4.52 Å². The Labute approximate surface area is 207 Å². The van der Waals surface area contributed by atoms with E-state index in [1.165, 1.54) is 11.8 Å². The van der Waals surface area contributed by atoms with Crippen LogP contribution in [0.5, 0.6) is 0 Å². The summed E-state index contributed by atoms with van der Waals surface area (Å²) in [4.78, 5) is 17.5. The van der Waals surface area contributed by atoms with Gasteiger partial charge in [0.05, 0.1) is 11.4 Å². The molecule has 0 amide bonds. The van der Waals surface area contributed by atoms with Gasteiger partial charge in [-0.25, -0.2) is 0 Å². The summed E-state index contributed by atoms with van der Waals surface area (Å²) in [6.07, 6.45) is 3.49. The molecule has 0 spiro atoms. The molecule has 0 atom stereocenters. The third kappa shape index (κ3) is 4.30. The number of aromatic nitrogens is 6. The number of aryl methyl sites for hydroxylation is 3. The quantitative estimate of drug-likeness (QED) is 0.228. The fourth-order valence-corrected chi connectivity index (χ4v) is 4.97. The number of nitrogens with zero attached hydrogens (tertiary/aromatic N) is 6. The lowest BCUT2D eigenvalue weighted by molar-refractivity contribution is 0.102. The summed E-state index contributed by atoms with van der Waals surface area (Å²) in [6, 6.07) is 15.6. The summed E-state index contributed by atoms with van der Waals surface area (Å²) in [6.45, 7) is 7.77. The number of Topliss-reactive ketones (excluding diaryl/α,β-unsaturated/α-hetero) is 1. The van der Waals surface area contributed by atoms with Crippen molar-refractivity contribution in [2.75, 3.05) is 5.75 Å². The maximum Gasteiger partial charge on any atom is 0.196 e. The Kier molecular flexibility index (Phi) is 6.08. The van der Waals surface area contributed by atoms with Gasteiger partial charge in [0.1, 0.15) is 5.76 Å². The van der Waals surface area contributed by atoms with Gasteiger partial charge in [0.25, 0.3) is 0 Å². The van der Waals surface area contributed by atoms with Crippen LogP contribution in [0, 0.1) is 27.7 Å². The van der Waals surface area contributed by atoms with E-state index in [1.807, 2.05) is 85.4 Å². The lowest BCUT2D eigenvalue weighted by atomic mass is 10.2. The zero-order valence-electron chi connectivity index (χ0n) is 19.9. The molecule has 0 radical (unpaired) electrons. The second kappa shape index (κ2) is 9.34. The van der Waals surface area contributed by atoms with E-state index in [0.717, 1.165) is 34.0 Å². The van der Waals surface area contributed by atoms with Crippen LogP contribution in [-0.4, -0.2) is 41.0 Å². The third-order valence-electron chi connectivity index (χ3n) is 5.82. The van der Waals surface area contributed by atoms with Crippen LogP contribution in [-0.2, 0) is 0 Å². The Hall–Kier alpha value is -3.98. The largest absolute Gasteiger partial charge is 0.360 e. The number of thioether (sulfide) groups is 1. The first-order chi connectivity index (χ1) is 16.9. The monoisotopic (exact) mass is 484 g/mol. The number of carbonyl (C=O) groups is 1. The molecule has 8 nitrogen and oxygen atoms in total. The van der Waals surface area contributed by atoms with Gasteiger partial charge >= 0.3 is 0 Å². The first-order valence-corrected chi connectivity index (χ1v) is 12.1. The number of hydrogen-bond donors (Lipinski definition) is 0. The summed E-state index contributed by atoms with van der Waals surface area (Å²) in [5.74, 6) is 2.30. The molecular formula is C26H24N6O2S. The first-order valence-electron chi connectivity index (χ1n) is 11.1. The predicted octanol–water partition coefficient (Wildman–Crippen LogP) is 5.32. The number of pyridine rings is 1. The zero-order valence-corrected chi connectivity index (χ0v) is 20.7. The van der Waals surface area contributed by atoms with E-state index >= 15 is 0 Å². The minimum atomic E-state index is 0.0110. The van der Waals surface area contributed by atoms with Crippen LogP contribution in [0.4, 0.5) is 0 Å². The van der Waals surface area contributed by atoms with Crippen molar-refractivity contribution >= 4 is 17.5 Å². The molecule has 0 aliphatic heterocycles. The molecule has 5 aromatic rings. The molecule has 0 saturated carbocycles. The predicted molar refractivity (Wildman–Crippen MR) is 134 cm³/mol. The van der Waals surface area contributed by atoms with Gasteiger partial charge in [-0.15, -0.1) is 10.2 Å². The number of benzene rings is 1. The maximum atomic E-state index is 13.3. The summed E-state index contributed by atoms with van der Waals surface area (Å²) in [5, 5.41) is 13.6. The topological polar surface area (TPSA) is 91.6 Å². The molecule has 0 unspecified atom stereocenters. The zero-order chi connectivity index (χ0) is 24.5. The lowest BCUT2D eigenvalue weighted by Gasteiger charge is -2.12. The van der Waals surface area contributed by atoms with Crippen LogP contribution in [0.25, 0.3) is 22.9 Å². The molecule has 9 heteroatoms. The lowest BCUT2D eigenvalue weighted by Crippen LogP contribution is -2.07. The highest BCUT2D eigenvalue weighted by Gasteiger charge is 2.22. The van der Waals surface area contributed by atoms with E-state index in [9.17, 15) is 4.79 Å². The standard InChI is InChI=1S/C26H24N6O2S/c1-16-8-5-6-10-22(16)32-25(20-9-7-11-27-14-20)28-29-26(32)35-15-23(33)21-12-17(2)31(19(21)4)24-13-18(3)34-30-24/h5-14H,15H2,1-4H3. The van der Waals surface area contributed by atoms with Crippen LogP contribution in [0.3, 0.4) is 0 Å². The second-order valence-electron chi connectivity index (χ2n) is 8.30. The van der Waals surface area contributed by atoms with Crippen LogP contribution in [0.1, 0.15) is 33.1 Å². The van der Waals surface area contributed by atoms with Crippen LogP contribution in [0.15, 0.2) is 70.6 Å². The Bertz CT molecular complexity index is 1520. The number of carbonyl (C=O) groups excluding carboxylic acids is 1. The molecule has 0 bridgehead atoms. The normalized spacial score (nSPS) is 11.2. The van der Waals surface area contributed by atoms with Crippen LogP contribution >= 0.6 is 11.8 Å². The van der Waals surface area contributed by atoms with Gasteiger partial charge in [-0.2, -0.15) is 0 Å². The minimum Gasteiger partial charge on any atom is -0.360 e. The summed E-state index contributed by atoms with van der Waals surface area (Å²) < 4.78 is 9.15. The Morgan fingerprint density at radius 2 is 1.83 bits per heavy atom. The van der Waals surface area contributed by atoms with Crippen molar-refractivity contribution in [3.8, 4) is 22.9 Å². The van der Waals surface area contributed by atoms with Gasteiger partial charge in [-0.1, -0.05) is 35.1 Å². The van der Waals surface area contributed by atoms with Gasteiger partial charge in [0.15, 0.2) is 22.6 Å². The molecule has 0 N–H and O–H groups in total. The highest BCUT2D eigenvalue weighted by molar-refractivity contribution is 7.99. The molecule has 4 aromatic heterocycles. The van der Waals surface area contributed by atoms with Crippen molar-refractivity contribution in [3.05, 3.63) is 89.2 Å². The average Bonchev–Trinajstić information content (AvgIpc) is 3.55. The maximum absolute atomic E-state index is 13.3. The number of rotatable bonds is 7. The fourth-order valence-electron chi connectivity index (χ4n) is 4.14. The Morgan fingerprint density at radius 1 is 1.00 bits per heavy atom. The highest BCUT2D eigenvalue weighted by atomic mass is 32.2. The van der Waals surface area contributed by atoms with Crippen molar-refractivity contribution in [1.29, 1.82) is 0 Å². The number of hydrogen-bond acceptors (Lipinski definition) is 7. The molecule has 5 rings (SSSR count). The van der Waals surface area contributed by atoms with Gasteiger partial charge in [-0.05, 0) is 57.5 Å². The smallest absolute Gasteiger partial charge is 0.196 e. The second-order valence-corrected chi connectivity index (χ2v) is 9.24. The van der Waals surface area contributed by atoms with Crippen LogP contribution < -0.4 is 0 Å². The van der Waals surface area contributed by atoms with Gasteiger partial charge in [-0.3, -0.25) is 18.9 Å². The number of ketones is 1.